The normalized spacial score (nSPS) is 11.4. The van der Waals surface area contributed by atoms with Crippen LogP contribution in [-0.2, 0) is 17.8 Å². The van der Waals surface area contributed by atoms with Gasteiger partial charge in [0.05, 0.1) is 13.4 Å². The van der Waals surface area contributed by atoms with Crippen LogP contribution in [0.25, 0.3) is 0 Å². The molecule has 2 aromatic rings. The summed E-state index contributed by atoms with van der Waals surface area (Å²) in [5.74, 6) is 2.60. The summed E-state index contributed by atoms with van der Waals surface area (Å²) in [6, 6.07) is 11.9. The van der Waals surface area contributed by atoms with Crippen molar-refractivity contribution in [1.82, 2.24) is 10.6 Å². The summed E-state index contributed by atoms with van der Waals surface area (Å²) in [4.78, 5) is 4.58. The summed E-state index contributed by atoms with van der Waals surface area (Å²) in [6.07, 6.45) is 3.40. The molecule has 0 bridgehead atoms. The standard InChI is InChI=1S/C20H29N3O3/c1-3-21-20(22-12-7-14-25-16-18-9-6-15-26-18)23-13-11-17-8-4-5-10-19(17)24-2/h4-6,8-10,15H,3,7,11-14,16H2,1-2H3,(H2,21,22,23). The van der Waals surface area contributed by atoms with Crippen LogP contribution in [0.4, 0.5) is 0 Å². The number of rotatable bonds is 11. The number of ether oxygens (including phenoxy) is 2. The van der Waals surface area contributed by atoms with E-state index >= 15 is 0 Å². The molecule has 1 aromatic heterocycles. The van der Waals surface area contributed by atoms with E-state index in [1.165, 1.54) is 5.56 Å². The molecule has 0 saturated carbocycles. The molecule has 26 heavy (non-hydrogen) atoms. The van der Waals surface area contributed by atoms with Crippen molar-refractivity contribution in [3.63, 3.8) is 0 Å². The van der Waals surface area contributed by atoms with Crippen molar-refractivity contribution in [3.05, 3.63) is 54.0 Å². The first-order valence-corrected chi connectivity index (χ1v) is 9.07. The van der Waals surface area contributed by atoms with Gasteiger partial charge < -0.3 is 24.5 Å². The topological polar surface area (TPSA) is 68.0 Å². The zero-order chi connectivity index (χ0) is 18.5. The summed E-state index contributed by atoms with van der Waals surface area (Å²) >= 11 is 0. The van der Waals surface area contributed by atoms with E-state index in [2.05, 4.69) is 28.6 Å². The lowest BCUT2D eigenvalue weighted by Gasteiger charge is -2.12. The second-order valence-electron chi connectivity index (χ2n) is 5.73. The molecular weight excluding hydrogens is 330 g/mol. The minimum atomic E-state index is 0.508. The summed E-state index contributed by atoms with van der Waals surface area (Å²) in [6.45, 7) is 5.56. The van der Waals surface area contributed by atoms with Crippen LogP contribution in [0.1, 0.15) is 24.7 Å². The van der Waals surface area contributed by atoms with Gasteiger partial charge >= 0.3 is 0 Å². The van der Waals surface area contributed by atoms with Crippen LogP contribution in [0, 0.1) is 0 Å². The number of guanidine groups is 1. The highest BCUT2D eigenvalue weighted by Gasteiger charge is 2.02. The summed E-state index contributed by atoms with van der Waals surface area (Å²) < 4.78 is 16.2. The molecule has 2 rings (SSSR count). The number of hydrogen-bond acceptors (Lipinski definition) is 4. The van der Waals surface area contributed by atoms with E-state index < -0.39 is 0 Å². The van der Waals surface area contributed by atoms with Crippen molar-refractivity contribution in [2.75, 3.05) is 33.4 Å². The fraction of sp³-hybridized carbons (Fsp3) is 0.450. The number of nitrogens with one attached hydrogen (secondary N) is 2. The number of hydrogen-bond donors (Lipinski definition) is 2. The van der Waals surface area contributed by atoms with Crippen molar-refractivity contribution in [2.45, 2.75) is 26.4 Å². The Morgan fingerprint density at radius 1 is 1.15 bits per heavy atom. The van der Waals surface area contributed by atoms with E-state index in [0.717, 1.165) is 43.4 Å². The lowest BCUT2D eigenvalue weighted by Crippen LogP contribution is -2.38. The maximum atomic E-state index is 5.57. The summed E-state index contributed by atoms with van der Waals surface area (Å²) in [7, 11) is 1.70. The van der Waals surface area contributed by atoms with Crippen LogP contribution in [0.5, 0.6) is 5.75 Å². The third-order valence-electron chi connectivity index (χ3n) is 3.76. The molecule has 0 saturated heterocycles. The lowest BCUT2D eigenvalue weighted by molar-refractivity contribution is 0.105. The number of methoxy groups -OCH3 is 1. The first-order chi connectivity index (χ1) is 12.8. The molecule has 6 heteroatoms. The molecule has 0 spiro atoms. The quantitative estimate of drug-likeness (QED) is 0.367. The lowest BCUT2D eigenvalue weighted by atomic mass is 10.1. The van der Waals surface area contributed by atoms with E-state index in [1.54, 1.807) is 13.4 Å². The molecular formula is C20H29N3O3. The molecule has 2 N–H and O–H groups in total. The fourth-order valence-electron chi connectivity index (χ4n) is 2.49. The van der Waals surface area contributed by atoms with E-state index in [-0.39, 0.29) is 0 Å². The van der Waals surface area contributed by atoms with Gasteiger partial charge in [0.1, 0.15) is 18.1 Å². The number of nitrogens with zero attached hydrogens (tertiary/aromatic N) is 1. The Kier molecular flexibility index (Phi) is 9.14. The van der Waals surface area contributed by atoms with Gasteiger partial charge in [0, 0.05) is 26.2 Å². The zero-order valence-corrected chi connectivity index (χ0v) is 15.7. The van der Waals surface area contributed by atoms with Gasteiger partial charge in [0.15, 0.2) is 5.96 Å². The predicted molar refractivity (Wildman–Crippen MR) is 104 cm³/mol. The second kappa shape index (κ2) is 12.0. The van der Waals surface area contributed by atoms with Crippen LogP contribution in [-0.4, -0.2) is 39.3 Å². The SMILES string of the molecule is CCNC(=NCCCOCc1ccco1)NCCc1ccccc1OC. The average molecular weight is 359 g/mol. The van der Waals surface area contributed by atoms with Crippen molar-refractivity contribution in [3.8, 4) is 5.75 Å². The van der Waals surface area contributed by atoms with Crippen LogP contribution in [0.15, 0.2) is 52.1 Å². The van der Waals surface area contributed by atoms with Gasteiger partial charge in [0.25, 0.3) is 0 Å². The molecule has 1 heterocycles. The van der Waals surface area contributed by atoms with Gasteiger partial charge in [0.2, 0.25) is 0 Å². The average Bonchev–Trinajstić information content (AvgIpc) is 3.18. The van der Waals surface area contributed by atoms with E-state index in [9.17, 15) is 0 Å². The van der Waals surface area contributed by atoms with E-state index in [0.29, 0.717) is 19.8 Å². The maximum absolute atomic E-state index is 5.57. The van der Waals surface area contributed by atoms with Crippen LogP contribution < -0.4 is 15.4 Å². The van der Waals surface area contributed by atoms with Crippen LogP contribution in [0.3, 0.4) is 0 Å². The Morgan fingerprint density at radius 3 is 2.81 bits per heavy atom. The van der Waals surface area contributed by atoms with Gasteiger partial charge in [-0.15, -0.1) is 0 Å². The minimum absolute atomic E-state index is 0.508. The highest BCUT2D eigenvalue weighted by molar-refractivity contribution is 5.79. The van der Waals surface area contributed by atoms with Gasteiger partial charge in [-0.1, -0.05) is 18.2 Å². The van der Waals surface area contributed by atoms with Gasteiger partial charge in [-0.25, -0.2) is 0 Å². The molecule has 0 radical (unpaired) electrons. The second-order valence-corrected chi connectivity index (χ2v) is 5.73. The molecule has 0 aliphatic heterocycles. The molecule has 0 amide bonds. The van der Waals surface area contributed by atoms with Crippen LogP contribution in [0.2, 0.25) is 0 Å². The van der Waals surface area contributed by atoms with Gasteiger partial charge in [-0.2, -0.15) is 0 Å². The third-order valence-corrected chi connectivity index (χ3v) is 3.76. The molecule has 0 aliphatic carbocycles. The van der Waals surface area contributed by atoms with Crippen LogP contribution >= 0.6 is 0 Å². The highest BCUT2D eigenvalue weighted by atomic mass is 16.5. The molecule has 0 aliphatic rings. The maximum Gasteiger partial charge on any atom is 0.191 e. The van der Waals surface area contributed by atoms with E-state index in [1.807, 2.05) is 30.3 Å². The Morgan fingerprint density at radius 2 is 2.04 bits per heavy atom. The molecule has 1 aromatic carbocycles. The Balaban J connectivity index is 1.67. The monoisotopic (exact) mass is 359 g/mol. The minimum Gasteiger partial charge on any atom is -0.496 e. The van der Waals surface area contributed by atoms with Gasteiger partial charge in [-0.05, 0) is 43.5 Å². The molecule has 6 nitrogen and oxygen atoms in total. The first kappa shape index (κ1) is 19.8. The number of aliphatic imine (C=N–C) groups is 1. The van der Waals surface area contributed by atoms with Crippen molar-refractivity contribution in [2.24, 2.45) is 4.99 Å². The van der Waals surface area contributed by atoms with Crippen molar-refractivity contribution < 1.29 is 13.9 Å². The van der Waals surface area contributed by atoms with Crippen molar-refractivity contribution >= 4 is 5.96 Å². The van der Waals surface area contributed by atoms with Crippen molar-refractivity contribution in [1.29, 1.82) is 0 Å². The highest BCUT2D eigenvalue weighted by Crippen LogP contribution is 2.17. The van der Waals surface area contributed by atoms with E-state index in [4.69, 9.17) is 13.9 Å². The number of furan rings is 1. The zero-order valence-electron chi connectivity index (χ0n) is 15.7. The molecule has 0 fully saturated rings. The Hall–Kier alpha value is -2.47. The van der Waals surface area contributed by atoms with Gasteiger partial charge in [-0.3, -0.25) is 4.99 Å². The summed E-state index contributed by atoms with van der Waals surface area (Å²) in [5, 5.41) is 6.62. The number of para-hydroxylation sites is 1. The predicted octanol–water partition coefficient (Wildman–Crippen LogP) is 2.99. The summed E-state index contributed by atoms with van der Waals surface area (Å²) in [5.41, 5.74) is 1.18. The fourth-order valence-corrected chi connectivity index (χ4v) is 2.49. The Bertz CT molecular complexity index is 642. The first-order valence-electron chi connectivity index (χ1n) is 9.07. The molecule has 0 unspecified atom stereocenters. The number of benzene rings is 1. The smallest absolute Gasteiger partial charge is 0.191 e. The molecule has 0 atom stereocenters. The largest absolute Gasteiger partial charge is 0.496 e. The third kappa shape index (κ3) is 7.19. The molecule has 142 valence electrons. The Labute approximate surface area is 155 Å².